The number of rotatable bonds is 9. The van der Waals surface area contributed by atoms with Gasteiger partial charge >= 0.3 is 6.09 Å². The number of nitrogens with one attached hydrogen (secondary N) is 4. The van der Waals surface area contributed by atoms with E-state index in [1.807, 2.05) is 0 Å². The Morgan fingerprint density at radius 1 is 0.941 bits per heavy atom. The van der Waals surface area contributed by atoms with E-state index in [0.29, 0.717) is 16.9 Å². The van der Waals surface area contributed by atoms with E-state index in [4.69, 9.17) is 4.74 Å². The predicted molar refractivity (Wildman–Crippen MR) is 130 cm³/mol. The van der Waals surface area contributed by atoms with Gasteiger partial charge in [-0.05, 0) is 62.7 Å². The molecule has 0 aliphatic rings. The predicted octanol–water partition coefficient (Wildman–Crippen LogP) is 2.84. The normalized spacial score (nSPS) is 11.3. The zero-order valence-corrected chi connectivity index (χ0v) is 20.4. The average molecular weight is 491 g/mol. The van der Waals surface area contributed by atoms with Crippen molar-refractivity contribution in [3.05, 3.63) is 59.7 Å². The van der Waals surface area contributed by atoms with Crippen molar-refractivity contribution in [2.24, 2.45) is 0 Å². The highest BCUT2D eigenvalue weighted by molar-refractivity contribution is 7.92. The van der Waals surface area contributed by atoms with Crippen molar-refractivity contribution in [1.82, 2.24) is 10.6 Å². The highest BCUT2D eigenvalue weighted by atomic mass is 32.2. The van der Waals surface area contributed by atoms with Gasteiger partial charge in [-0.2, -0.15) is 0 Å². The van der Waals surface area contributed by atoms with Crippen LogP contribution in [0.15, 0.2) is 48.5 Å². The van der Waals surface area contributed by atoms with Crippen LogP contribution in [0.5, 0.6) is 0 Å². The second kappa shape index (κ2) is 11.5. The molecule has 0 aliphatic heterocycles. The molecule has 0 saturated heterocycles. The molecule has 0 aromatic heterocycles. The van der Waals surface area contributed by atoms with Gasteiger partial charge in [0.05, 0.1) is 6.26 Å². The van der Waals surface area contributed by atoms with Crippen LogP contribution >= 0.6 is 0 Å². The highest BCUT2D eigenvalue weighted by Gasteiger charge is 2.16. The number of amides is 3. The maximum Gasteiger partial charge on any atom is 0.407 e. The van der Waals surface area contributed by atoms with Gasteiger partial charge in [-0.25, -0.2) is 13.2 Å². The van der Waals surface area contributed by atoms with E-state index in [1.54, 1.807) is 45.0 Å². The van der Waals surface area contributed by atoms with Crippen LogP contribution in [0.1, 0.15) is 43.1 Å². The van der Waals surface area contributed by atoms with Gasteiger partial charge in [0.1, 0.15) is 5.60 Å². The maximum atomic E-state index is 12.5. The van der Waals surface area contributed by atoms with Crippen LogP contribution in [0.2, 0.25) is 0 Å². The number of hydrogen-bond acceptors (Lipinski definition) is 6. The summed E-state index contributed by atoms with van der Waals surface area (Å²) >= 11 is 0. The monoisotopic (exact) mass is 490 g/mol. The number of ether oxygens (including phenoxy) is 1. The summed E-state index contributed by atoms with van der Waals surface area (Å²) in [6.45, 7) is 5.66. The lowest BCUT2D eigenvalue weighted by Gasteiger charge is -2.19. The number of carbonyl (C=O) groups is 3. The minimum atomic E-state index is -3.40. The Hall–Kier alpha value is -3.60. The largest absolute Gasteiger partial charge is 0.444 e. The maximum absolute atomic E-state index is 12.5. The molecule has 4 N–H and O–H groups in total. The molecule has 0 saturated carbocycles. The topological polar surface area (TPSA) is 143 Å². The lowest BCUT2D eigenvalue weighted by atomic mass is 10.1. The molecule has 0 unspecified atom stereocenters. The van der Waals surface area contributed by atoms with Crippen molar-refractivity contribution in [3.63, 3.8) is 0 Å². The Morgan fingerprint density at radius 3 is 2.24 bits per heavy atom. The Morgan fingerprint density at radius 2 is 1.62 bits per heavy atom. The minimum Gasteiger partial charge on any atom is -0.444 e. The number of sulfonamides is 1. The van der Waals surface area contributed by atoms with Crippen molar-refractivity contribution in [2.75, 3.05) is 22.8 Å². The van der Waals surface area contributed by atoms with Crippen molar-refractivity contribution in [3.8, 4) is 0 Å². The molecule has 0 spiro atoms. The van der Waals surface area contributed by atoms with Crippen molar-refractivity contribution in [1.29, 1.82) is 0 Å². The van der Waals surface area contributed by atoms with Gasteiger partial charge in [-0.3, -0.25) is 14.3 Å². The zero-order valence-electron chi connectivity index (χ0n) is 19.6. The van der Waals surface area contributed by atoms with Crippen LogP contribution in [0.4, 0.5) is 16.2 Å². The SMILES string of the molecule is CC(C)(C)OC(=O)NCCC(=O)NCc1cccc(NC(=O)c2ccc(NS(C)(=O)=O)cc2)c1. The van der Waals surface area contributed by atoms with E-state index < -0.39 is 21.7 Å². The fraction of sp³-hybridized carbons (Fsp3) is 0.348. The molecule has 0 aliphatic carbocycles. The van der Waals surface area contributed by atoms with E-state index in [9.17, 15) is 22.8 Å². The third-order valence-corrected chi connectivity index (χ3v) is 4.75. The quantitative estimate of drug-likeness (QED) is 0.426. The number of alkyl carbamates (subject to hydrolysis) is 1. The Labute approximate surface area is 199 Å². The average Bonchev–Trinajstić information content (AvgIpc) is 2.70. The molecule has 2 rings (SSSR count). The van der Waals surface area contributed by atoms with Crippen LogP contribution < -0.4 is 20.7 Å². The van der Waals surface area contributed by atoms with E-state index >= 15 is 0 Å². The molecule has 0 atom stereocenters. The number of benzene rings is 2. The standard InChI is InChI=1S/C23H30N4O6S/c1-23(2,3)33-22(30)24-13-12-20(28)25-15-16-6-5-7-19(14-16)26-21(29)17-8-10-18(11-9-17)27-34(4,31)32/h5-11,14,27H,12-13,15H2,1-4H3,(H,24,30)(H,25,28)(H,26,29). The second-order valence-electron chi connectivity index (χ2n) is 8.56. The van der Waals surface area contributed by atoms with Crippen LogP contribution in [-0.2, 0) is 26.1 Å². The first kappa shape index (κ1) is 26.7. The number of anilines is 2. The molecule has 11 heteroatoms. The third kappa shape index (κ3) is 10.3. The van der Waals surface area contributed by atoms with Gasteiger partial charge in [-0.15, -0.1) is 0 Å². The molecule has 34 heavy (non-hydrogen) atoms. The summed E-state index contributed by atoms with van der Waals surface area (Å²) < 4.78 is 30.0. The summed E-state index contributed by atoms with van der Waals surface area (Å²) in [5.74, 6) is -0.603. The Kier molecular flexibility index (Phi) is 9.02. The van der Waals surface area contributed by atoms with Crippen LogP contribution in [-0.4, -0.2) is 44.7 Å². The van der Waals surface area contributed by atoms with E-state index in [0.717, 1.165) is 11.8 Å². The number of hydrogen-bond donors (Lipinski definition) is 4. The molecule has 2 aromatic rings. The Balaban J connectivity index is 1.82. The van der Waals surface area contributed by atoms with Gasteiger partial charge in [0.15, 0.2) is 0 Å². The molecule has 10 nitrogen and oxygen atoms in total. The lowest BCUT2D eigenvalue weighted by Crippen LogP contribution is -2.35. The van der Waals surface area contributed by atoms with Gasteiger partial charge in [0, 0.05) is 36.4 Å². The molecule has 0 radical (unpaired) electrons. The summed E-state index contributed by atoms with van der Waals surface area (Å²) in [4.78, 5) is 36.1. The van der Waals surface area contributed by atoms with E-state index in [2.05, 4.69) is 20.7 Å². The zero-order chi connectivity index (χ0) is 25.4. The van der Waals surface area contributed by atoms with Crippen LogP contribution in [0.3, 0.4) is 0 Å². The van der Waals surface area contributed by atoms with Crippen molar-refractivity contribution >= 4 is 39.3 Å². The fourth-order valence-corrected chi connectivity index (χ4v) is 3.31. The van der Waals surface area contributed by atoms with Gasteiger partial charge in [0.2, 0.25) is 15.9 Å². The summed E-state index contributed by atoms with van der Waals surface area (Å²) in [5.41, 5.74) is 1.43. The first-order chi connectivity index (χ1) is 15.8. The molecule has 2 aromatic carbocycles. The first-order valence-corrected chi connectivity index (χ1v) is 12.4. The first-order valence-electron chi connectivity index (χ1n) is 10.5. The second-order valence-corrected chi connectivity index (χ2v) is 10.3. The third-order valence-electron chi connectivity index (χ3n) is 4.15. The van der Waals surface area contributed by atoms with Gasteiger partial charge in [0.25, 0.3) is 5.91 Å². The Bertz CT molecular complexity index is 1120. The number of carbonyl (C=O) groups excluding carboxylic acids is 3. The van der Waals surface area contributed by atoms with Crippen LogP contribution in [0, 0.1) is 0 Å². The van der Waals surface area contributed by atoms with Crippen molar-refractivity contribution in [2.45, 2.75) is 39.3 Å². The van der Waals surface area contributed by atoms with Gasteiger partial charge < -0.3 is 20.7 Å². The summed E-state index contributed by atoms with van der Waals surface area (Å²) in [6.07, 6.45) is 0.564. The summed E-state index contributed by atoms with van der Waals surface area (Å²) in [6, 6.07) is 13.0. The molecule has 3 amide bonds. The molecular formula is C23H30N4O6S. The smallest absolute Gasteiger partial charge is 0.407 e. The molecular weight excluding hydrogens is 460 g/mol. The summed E-state index contributed by atoms with van der Waals surface area (Å²) in [7, 11) is -3.40. The highest BCUT2D eigenvalue weighted by Crippen LogP contribution is 2.15. The van der Waals surface area contributed by atoms with Gasteiger partial charge in [-0.1, -0.05) is 12.1 Å². The van der Waals surface area contributed by atoms with Crippen LogP contribution in [0.25, 0.3) is 0 Å². The summed E-state index contributed by atoms with van der Waals surface area (Å²) in [5, 5.41) is 8.05. The molecule has 184 valence electrons. The molecule has 0 heterocycles. The fourth-order valence-electron chi connectivity index (χ4n) is 2.75. The molecule has 0 bridgehead atoms. The van der Waals surface area contributed by atoms with E-state index in [1.165, 1.54) is 24.3 Å². The van der Waals surface area contributed by atoms with Crippen molar-refractivity contribution < 1.29 is 27.5 Å². The lowest BCUT2D eigenvalue weighted by molar-refractivity contribution is -0.121. The van der Waals surface area contributed by atoms with E-state index in [-0.39, 0.29) is 31.3 Å². The minimum absolute atomic E-state index is 0.0971. The molecule has 0 fully saturated rings.